The van der Waals surface area contributed by atoms with Crippen LogP contribution in [0.15, 0.2) is 6.07 Å². The van der Waals surface area contributed by atoms with E-state index in [1.54, 1.807) is 20.8 Å². The molecule has 1 amide bonds. The Balaban J connectivity index is 1.87. The molecule has 2 aliphatic rings. The molecule has 2 heterocycles. The summed E-state index contributed by atoms with van der Waals surface area (Å²) in [5.41, 5.74) is 4.67. The molecule has 3 rings (SSSR count). The molecule has 0 saturated carbocycles. The highest BCUT2D eigenvalue weighted by Gasteiger charge is 2.29. The highest BCUT2D eigenvalue weighted by molar-refractivity contribution is 5.94. The number of hydrogen-bond acceptors (Lipinski definition) is 6. The van der Waals surface area contributed by atoms with Gasteiger partial charge in [0.1, 0.15) is 0 Å². The van der Waals surface area contributed by atoms with Crippen molar-refractivity contribution in [2.24, 2.45) is 11.1 Å². The summed E-state index contributed by atoms with van der Waals surface area (Å²) in [4.78, 5) is 12.4. The zero-order valence-electron chi connectivity index (χ0n) is 18.3. The lowest BCUT2D eigenvalue weighted by Crippen LogP contribution is -2.42. The molecule has 2 aliphatic heterocycles. The van der Waals surface area contributed by atoms with E-state index in [2.05, 4.69) is 5.32 Å². The monoisotopic (exact) mass is 442 g/mol. The van der Waals surface area contributed by atoms with Crippen LogP contribution in [0, 0.1) is 17.0 Å². The van der Waals surface area contributed by atoms with Crippen molar-refractivity contribution in [3.05, 3.63) is 23.3 Å². The minimum atomic E-state index is -0.920. The van der Waals surface area contributed by atoms with Crippen LogP contribution in [0.3, 0.4) is 0 Å². The maximum Gasteiger partial charge on any atom is 0.229 e. The molecule has 1 aromatic rings. The number of rotatable bonds is 6. The summed E-state index contributed by atoms with van der Waals surface area (Å²) < 4.78 is 52.7. The second-order valence-electron chi connectivity index (χ2n) is 9.00. The maximum absolute atomic E-state index is 15.2. The summed E-state index contributed by atoms with van der Waals surface area (Å²) in [5.74, 6) is -2.44. The first kappa shape index (κ1) is 23.8. The Bertz CT molecular complexity index is 778. The van der Waals surface area contributed by atoms with E-state index in [-0.39, 0.29) is 23.0 Å². The van der Waals surface area contributed by atoms with Crippen molar-refractivity contribution in [1.29, 1.82) is 0 Å². The smallest absolute Gasteiger partial charge is 0.229 e. The van der Waals surface area contributed by atoms with Crippen molar-refractivity contribution in [3.8, 4) is 5.75 Å². The molecule has 2 saturated heterocycles. The van der Waals surface area contributed by atoms with Crippen LogP contribution in [0.2, 0.25) is 0 Å². The van der Waals surface area contributed by atoms with Gasteiger partial charge in [-0.3, -0.25) is 4.79 Å². The quantitative estimate of drug-likeness (QED) is 0.696. The largest absolute Gasteiger partial charge is 0.462 e. The normalized spacial score (nSPS) is 24.6. The van der Waals surface area contributed by atoms with E-state index in [1.807, 2.05) is 0 Å². The van der Waals surface area contributed by atoms with Gasteiger partial charge in [-0.05, 0) is 25.7 Å². The van der Waals surface area contributed by atoms with Crippen LogP contribution in [0.4, 0.5) is 14.5 Å². The van der Waals surface area contributed by atoms with Gasteiger partial charge < -0.3 is 30.0 Å². The lowest BCUT2D eigenvalue weighted by atomic mass is 9.95. The Hall–Kier alpha value is -1.81. The van der Waals surface area contributed by atoms with Gasteiger partial charge in [-0.1, -0.05) is 20.8 Å². The lowest BCUT2D eigenvalue weighted by molar-refractivity contribution is -0.179. The number of hydrogen-bond donors (Lipinski definition) is 2. The van der Waals surface area contributed by atoms with Crippen molar-refractivity contribution in [2.75, 3.05) is 18.5 Å². The number of carbonyl (C=O) groups is 1. The molecule has 3 N–H and O–H groups in total. The van der Waals surface area contributed by atoms with Crippen LogP contribution in [0.5, 0.6) is 5.75 Å². The van der Waals surface area contributed by atoms with Crippen LogP contribution < -0.4 is 15.8 Å². The van der Waals surface area contributed by atoms with Crippen molar-refractivity contribution in [3.63, 3.8) is 0 Å². The topological polar surface area (TPSA) is 92.0 Å². The third-order valence-electron chi connectivity index (χ3n) is 5.29. The summed E-state index contributed by atoms with van der Waals surface area (Å²) in [6, 6.07) is 0.772. The first-order chi connectivity index (χ1) is 14.7. The molecule has 3 unspecified atom stereocenters. The van der Waals surface area contributed by atoms with E-state index >= 15 is 8.78 Å². The molecule has 174 valence electrons. The summed E-state index contributed by atoms with van der Waals surface area (Å²) in [7, 11) is 0. The number of halogens is 2. The predicted octanol–water partition coefficient (Wildman–Crippen LogP) is 3.84. The Kier molecular flexibility index (Phi) is 7.85. The first-order valence-electron chi connectivity index (χ1n) is 10.8. The highest BCUT2D eigenvalue weighted by atomic mass is 19.1. The van der Waals surface area contributed by atoms with Crippen LogP contribution in [-0.4, -0.2) is 37.7 Å². The molecule has 9 heteroatoms. The summed E-state index contributed by atoms with van der Waals surface area (Å²) in [6.45, 7) is 5.65. The van der Waals surface area contributed by atoms with Gasteiger partial charge in [0.15, 0.2) is 30.0 Å². The minimum Gasteiger partial charge on any atom is -0.462 e. The van der Waals surface area contributed by atoms with Crippen molar-refractivity contribution in [1.82, 2.24) is 0 Å². The van der Waals surface area contributed by atoms with Crippen LogP contribution in [0.1, 0.15) is 58.4 Å². The Morgan fingerprint density at radius 2 is 1.90 bits per heavy atom. The van der Waals surface area contributed by atoms with E-state index < -0.39 is 42.1 Å². The number of amides is 1. The third kappa shape index (κ3) is 6.12. The number of nitrogens with two attached hydrogens (primary N) is 1. The van der Waals surface area contributed by atoms with Crippen LogP contribution >= 0.6 is 0 Å². The molecule has 0 aromatic heterocycles. The summed E-state index contributed by atoms with van der Waals surface area (Å²) in [5, 5.41) is 2.53. The number of ether oxygens (including phenoxy) is 4. The zero-order chi connectivity index (χ0) is 22.6. The standard InChI is InChI=1S/C22H32F2N2O5/c1-22(2,3)21(27)26-15-11-16(31-17-8-4-5-9-28-17)19(24)13(18(15)23)12-30-20-14(25)7-6-10-29-20/h11,14,17,20H,4-10,12,25H2,1-3H3,(H,26,27). The molecule has 31 heavy (non-hydrogen) atoms. The fourth-order valence-electron chi connectivity index (χ4n) is 3.34. The predicted molar refractivity (Wildman–Crippen MR) is 110 cm³/mol. The van der Waals surface area contributed by atoms with Gasteiger partial charge in [0.2, 0.25) is 5.91 Å². The Morgan fingerprint density at radius 3 is 2.55 bits per heavy atom. The second-order valence-corrected chi connectivity index (χ2v) is 9.00. The molecule has 7 nitrogen and oxygen atoms in total. The van der Waals surface area contributed by atoms with Gasteiger partial charge in [-0.15, -0.1) is 0 Å². The summed E-state index contributed by atoms with van der Waals surface area (Å²) >= 11 is 0. The molecular weight excluding hydrogens is 410 g/mol. The van der Waals surface area contributed by atoms with Gasteiger partial charge in [-0.25, -0.2) is 8.78 Å². The van der Waals surface area contributed by atoms with Gasteiger partial charge >= 0.3 is 0 Å². The first-order valence-corrected chi connectivity index (χ1v) is 10.8. The van der Waals surface area contributed by atoms with E-state index in [1.165, 1.54) is 0 Å². The molecule has 0 bridgehead atoms. The van der Waals surface area contributed by atoms with Gasteiger partial charge in [0, 0.05) is 24.5 Å². The average Bonchev–Trinajstić information content (AvgIpc) is 2.72. The van der Waals surface area contributed by atoms with Gasteiger partial charge in [0.05, 0.1) is 30.5 Å². The maximum atomic E-state index is 15.2. The minimum absolute atomic E-state index is 0.181. The van der Waals surface area contributed by atoms with Crippen LogP contribution in [-0.2, 0) is 25.6 Å². The zero-order valence-corrected chi connectivity index (χ0v) is 18.3. The van der Waals surface area contributed by atoms with E-state index in [0.717, 1.165) is 25.3 Å². The Morgan fingerprint density at radius 1 is 1.16 bits per heavy atom. The number of carbonyl (C=O) groups excluding carboxylic acids is 1. The van der Waals surface area contributed by atoms with Crippen molar-refractivity contribution in [2.45, 2.75) is 78.1 Å². The van der Waals surface area contributed by atoms with E-state index in [4.69, 9.17) is 24.7 Å². The van der Waals surface area contributed by atoms with Crippen LogP contribution in [0.25, 0.3) is 0 Å². The molecule has 3 atom stereocenters. The molecule has 1 aromatic carbocycles. The third-order valence-corrected chi connectivity index (χ3v) is 5.29. The van der Waals surface area contributed by atoms with Gasteiger partial charge in [-0.2, -0.15) is 0 Å². The van der Waals surface area contributed by atoms with Crippen molar-refractivity contribution >= 4 is 11.6 Å². The Labute approximate surface area is 181 Å². The number of benzene rings is 1. The lowest BCUT2D eigenvalue weighted by Gasteiger charge is -2.29. The fourth-order valence-corrected chi connectivity index (χ4v) is 3.34. The molecule has 0 radical (unpaired) electrons. The second kappa shape index (κ2) is 10.2. The number of anilines is 1. The molecular formula is C22H32F2N2O5. The average molecular weight is 443 g/mol. The van der Waals surface area contributed by atoms with Gasteiger partial charge in [0.25, 0.3) is 0 Å². The summed E-state index contributed by atoms with van der Waals surface area (Å²) in [6.07, 6.45) is 2.49. The number of nitrogens with one attached hydrogen (secondary N) is 1. The van der Waals surface area contributed by atoms with E-state index in [9.17, 15) is 4.79 Å². The van der Waals surface area contributed by atoms with Crippen molar-refractivity contribution < 1.29 is 32.5 Å². The SMILES string of the molecule is CC(C)(C)C(=O)Nc1cc(OC2CCCCO2)c(F)c(COC2OCCCC2N)c1F. The molecule has 2 fully saturated rings. The highest BCUT2D eigenvalue weighted by Crippen LogP contribution is 2.33. The fraction of sp³-hybridized carbons (Fsp3) is 0.682. The van der Waals surface area contributed by atoms with E-state index in [0.29, 0.717) is 26.1 Å². The molecule has 0 spiro atoms. The molecule has 0 aliphatic carbocycles.